The molecule has 1 unspecified atom stereocenters. The van der Waals surface area contributed by atoms with Crippen molar-refractivity contribution in [1.29, 1.82) is 0 Å². The van der Waals surface area contributed by atoms with Crippen molar-refractivity contribution in [2.24, 2.45) is 0 Å². The number of hydrogen-bond acceptors (Lipinski definition) is 4. The summed E-state index contributed by atoms with van der Waals surface area (Å²) < 4.78 is 4.78. The lowest BCUT2D eigenvalue weighted by molar-refractivity contribution is -0.147. The van der Waals surface area contributed by atoms with Crippen molar-refractivity contribution in [2.75, 3.05) is 13.4 Å². The molecule has 0 aliphatic heterocycles. The van der Waals surface area contributed by atoms with E-state index in [9.17, 15) is 4.79 Å². The Balaban J connectivity index is 2.75. The zero-order chi connectivity index (χ0) is 13.8. The molecular weight excluding hydrogens is 246 g/mol. The van der Waals surface area contributed by atoms with Crippen LogP contribution in [0.1, 0.15) is 32.4 Å². The maximum atomic E-state index is 11.6. The first-order valence-electron chi connectivity index (χ1n) is 5.90. The average molecular weight is 267 g/mol. The predicted molar refractivity (Wildman–Crippen MR) is 75.9 cm³/mol. The van der Waals surface area contributed by atoms with E-state index in [4.69, 9.17) is 4.74 Å². The maximum absolute atomic E-state index is 11.6. The molecule has 0 heterocycles. The lowest BCUT2D eigenvalue weighted by atomic mass is 10.0. The summed E-state index contributed by atoms with van der Waals surface area (Å²) in [4.78, 5) is 12.8. The fraction of sp³-hybridized carbons (Fsp3) is 0.500. The molecule has 1 aromatic carbocycles. The minimum Gasteiger partial charge on any atom is -0.468 e. The van der Waals surface area contributed by atoms with Gasteiger partial charge in [-0.15, -0.1) is 11.8 Å². The Morgan fingerprint density at radius 2 is 1.89 bits per heavy atom. The summed E-state index contributed by atoms with van der Waals surface area (Å²) in [5, 5.41) is 3.28. The number of hydrogen-bond donors (Lipinski definition) is 1. The van der Waals surface area contributed by atoms with Crippen LogP contribution in [-0.4, -0.2) is 24.9 Å². The van der Waals surface area contributed by atoms with E-state index >= 15 is 0 Å². The molecule has 3 nitrogen and oxygen atoms in total. The van der Waals surface area contributed by atoms with Gasteiger partial charge in [-0.1, -0.05) is 12.1 Å². The molecule has 0 amide bonds. The van der Waals surface area contributed by atoms with Crippen LogP contribution in [-0.2, 0) is 9.53 Å². The van der Waals surface area contributed by atoms with Crippen LogP contribution in [0.2, 0.25) is 0 Å². The van der Waals surface area contributed by atoms with E-state index in [0.717, 1.165) is 5.56 Å². The number of thioether (sulfide) groups is 1. The van der Waals surface area contributed by atoms with Gasteiger partial charge in [-0.05, 0) is 44.7 Å². The van der Waals surface area contributed by atoms with Gasteiger partial charge in [-0.2, -0.15) is 0 Å². The predicted octanol–water partition coefficient (Wildman–Crippen LogP) is 3.01. The normalized spacial score (nSPS) is 13.2. The van der Waals surface area contributed by atoms with Gasteiger partial charge in [0.25, 0.3) is 0 Å². The van der Waals surface area contributed by atoms with Crippen molar-refractivity contribution in [2.45, 2.75) is 37.2 Å². The fourth-order valence-corrected chi connectivity index (χ4v) is 2.24. The summed E-state index contributed by atoms with van der Waals surface area (Å²) in [6.07, 6.45) is 2.05. The summed E-state index contributed by atoms with van der Waals surface area (Å²) in [5.41, 5.74) is 0.469. The molecule has 0 aliphatic rings. The first-order valence-corrected chi connectivity index (χ1v) is 7.13. The molecule has 0 radical (unpaired) electrons. The number of benzene rings is 1. The van der Waals surface area contributed by atoms with Gasteiger partial charge in [0.05, 0.1) is 7.11 Å². The van der Waals surface area contributed by atoms with Gasteiger partial charge in [0.2, 0.25) is 0 Å². The van der Waals surface area contributed by atoms with Crippen LogP contribution in [0.25, 0.3) is 0 Å². The minimum atomic E-state index is -0.688. The number of ether oxygens (including phenoxy) is 1. The van der Waals surface area contributed by atoms with Gasteiger partial charge in [0.1, 0.15) is 5.54 Å². The Bertz CT molecular complexity index is 401. The summed E-state index contributed by atoms with van der Waals surface area (Å²) in [7, 11) is 1.41. The van der Waals surface area contributed by atoms with Crippen LogP contribution in [0.15, 0.2) is 29.2 Å². The van der Waals surface area contributed by atoms with Gasteiger partial charge in [-0.3, -0.25) is 10.1 Å². The van der Waals surface area contributed by atoms with Crippen molar-refractivity contribution in [3.05, 3.63) is 29.8 Å². The lowest BCUT2D eigenvalue weighted by Gasteiger charge is -2.27. The Hall–Kier alpha value is -1.00. The molecule has 0 saturated carbocycles. The second kappa shape index (κ2) is 6.25. The maximum Gasteiger partial charge on any atom is 0.325 e. The molecule has 18 heavy (non-hydrogen) atoms. The lowest BCUT2D eigenvalue weighted by Crippen LogP contribution is -2.48. The number of esters is 1. The highest BCUT2D eigenvalue weighted by atomic mass is 32.2. The Kier molecular flexibility index (Phi) is 5.23. The third kappa shape index (κ3) is 3.75. The van der Waals surface area contributed by atoms with Crippen LogP contribution in [0, 0.1) is 0 Å². The van der Waals surface area contributed by atoms with Crippen molar-refractivity contribution in [1.82, 2.24) is 5.32 Å². The second-order valence-corrected chi connectivity index (χ2v) is 5.64. The zero-order valence-electron chi connectivity index (χ0n) is 11.6. The summed E-state index contributed by atoms with van der Waals surface area (Å²) in [6, 6.07) is 8.43. The zero-order valence-corrected chi connectivity index (χ0v) is 12.4. The molecule has 1 N–H and O–H groups in total. The average Bonchev–Trinajstić information content (AvgIpc) is 2.37. The smallest absolute Gasteiger partial charge is 0.325 e. The van der Waals surface area contributed by atoms with Gasteiger partial charge in [0, 0.05) is 10.9 Å². The van der Waals surface area contributed by atoms with E-state index in [1.165, 1.54) is 12.0 Å². The van der Waals surface area contributed by atoms with Gasteiger partial charge < -0.3 is 4.74 Å². The van der Waals surface area contributed by atoms with E-state index in [1.54, 1.807) is 11.8 Å². The van der Waals surface area contributed by atoms with E-state index in [2.05, 4.69) is 35.8 Å². The number of carbonyl (C=O) groups is 1. The Morgan fingerprint density at radius 3 is 2.33 bits per heavy atom. The largest absolute Gasteiger partial charge is 0.468 e. The number of methoxy groups -OCH3 is 1. The number of nitrogens with one attached hydrogen (secondary N) is 1. The molecular formula is C14H21NO2S. The van der Waals surface area contributed by atoms with Gasteiger partial charge >= 0.3 is 5.97 Å². The topological polar surface area (TPSA) is 38.3 Å². The van der Waals surface area contributed by atoms with E-state index in [0.29, 0.717) is 0 Å². The Labute approximate surface area is 113 Å². The standard InChI is InChI=1S/C14H21NO2S/c1-10(15-14(2,3)13(16)17-4)11-6-8-12(18-5)9-7-11/h6-10,15H,1-5H3. The van der Waals surface area contributed by atoms with Crippen molar-refractivity contribution >= 4 is 17.7 Å². The summed E-state index contributed by atoms with van der Waals surface area (Å²) >= 11 is 1.72. The number of carbonyl (C=O) groups excluding carboxylic acids is 1. The van der Waals surface area contributed by atoms with Gasteiger partial charge in [0.15, 0.2) is 0 Å². The SMILES string of the molecule is COC(=O)C(C)(C)NC(C)c1ccc(SC)cc1. The molecule has 1 rings (SSSR count). The van der Waals surface area contributed by atoms with Gasteiger partial charge in [-0.25, -0.2) is 0 Å². The molecule has 0 aromatic heterocycles. The highest BCUT2D eigenvalue weighted by Gasteiger charge is 2.30. The molecule has 0 spiro atoms. The van der Waals surface area contributed by atoms with E-state index in [1.807, 2.05) is 20.8 Å². The summed E-state index contributed by atoms with van der Waals surface area (Å²) in [6.45, 7) is 5.69. The monoisotopic (exact) mass is 267 g/mol. The van der Waals surface area contributed by atoms with Crippen LogP contribution >= 0.6 is 11.8 Å². The van der Waals surface area contributed by atoms with Crippen LogP contribution < -0.4 is 5.32 Å². The summed E-state index contributed by atoms with van der Waals surface area (Å²) in [5.74, 6) is -0.255. The van der Waals surface area contributed by atoms with Crippen molar-refractivity contribution < 1.29 is 9.53 Å². The molecule has 1 aromatic rings. The molecule has 0 saturated heterocycles. The second-order valence-electron chi connectivity index (χ2n) is 4.76. The van der Waals surface area contributed by atoms with E-state index in [-0.39, 0.29) is 12.0 Å². The fourth-order valence-electron chi connectivity index (χ4n) is 1.83. The third-order valence-electron chi connectivity index (χ3n) is 2.89. The van der Waals surface area contributed by atoms with Crippen LogP contribution in [0.5, 0.6) is 0 Å². The van der Waals surface area contributed by atoms with Crippen molar-refractivity contribution in [3.8, 4) is 0 Å². The van der Waals surface area contributed by atoms with Crippen molar-refractivity contribution in [3.63, 3.8) is 0 Å². The molecule has 1 atom stereocenters. The van der Waals surface area contributed by atoms with Crippen LogP contribution in [0.4, 0.5) is 0 Å². The first-order chi connectivity index (χ1) is 8.40. The highest BCUT2D eigenvalue weighted by Crippen LogP contribution is 2.21. The molecule has 4 heteroatoms. The third-order valence-corrected chi connectivity index (χ3v) is 3.63. The minimum absolute atomic E-state index is 0.0926. The Morgan fingerprint density at radius 1 is 1.33 bits per heavy atom. The molecule has 0 bridgehead atoms. The van der Waals surface area contributed by atoms with E-state index < -0.39 is 5.54 Å². The highest BCUT2D eigenvalue weighted by molar-refractivity contribution is 7.98. The first kappa shape index (κ1) is 15.1. The van der Waals surface area contributed by atoms with Crippen LogP contribution in [0.3, 0.4) is 0 Å². The number of rotatable bonds is 5. The molecule has 100 valence electrons. The molecule has 0 fully saturated rings. The quantitative estimate of drug-likeness (QED) is 0.657. The molecule has 0 aliphatic carbocycles.